The molecular formula is C7H10N2O4. The number of hydrogen-bond donors (Lipinski definition) is 2. The Morgan fingerprint density at radius 3 is 3.00 bits per heavy atom. The number of hydrogen-bond acceptors (Lipinski definition) is 4. The first-order valence-electron chi connectivity index (χ1n) is 3.77. The van der Waals surface area contributed by atoms with Crippen LogP contribution in [0.15, 0.2) is 0 Å². The zero-order valence-electron chi connectivity index (χ0n) is 6.86. The summed E-state index contributed by atoms with van der Waals surface area (Å²) in [5, 5.41) is 2.29. The van der Waals surface area contributed by atoms with Gasteiger partial charge in [-0.05, 0) is 0 Å². The highest BCUT2D eigenvalue weighted by Gasteiger charge is 2.36. The van der Waals surface area contributed by atoms with Gasteiger partial charge >= 0.3 is 0 Å². The first-order valence-corrected chi connectivity index (χ1v) is 3.77. The van der Waals surface area contributed by atoms with Gasteiger partial charge in [-0.1, -0.05) is 0 Å². The van der Waals surface area contributed by atoms with Crippen molar-refractivity contribution in [3.63, 3.8) is 0 Å². The van der Waals surface area contributed by atoms with Crippen molar-refractivity contribution >= 4 is 18.1 Å². The second kappa shape index (κ2) is 3.99. The predicted molar refractivity (Wildman–Crippen MR) is 41.5 cm³/mol. The minimum atomic E-state index is -0.731. The van der Waals surface area contributed by atoms with E-state index in [1.54, 1.807) is 0 Å². The summed E-state index contributed by atoms with van der Waals surface area (Å²) >= 11 is 0. The molecule has 0 spiro atoms. The normalized spacial score (nSPS) is 27.2. The van der Waals surface area contributed by atoms with Gasteiger partial charge in [0, 0.05) is 0 Å². The summed E-state index contributed by atoms with van der Waals surface area (Å²) in [6.07, 6.45) is -0.266. The van der Waals surface area contributed by atoms with Gasteiger partial charge in [0.2, 0.25) is 12.3 Å². The number of nitrogens with one attached hydrogen (secondary N) is 1. The molecule has 6 heteroatoms. The standard InChI is InChI=1S/C7H10N2O4/c8-6(12)1-5-7(9-3-10)4(11)2-13-5/h3,5,7H,1-2H2,(H2,8,12)(H,9,10). The summed E-state index contributed by atoms with van der Waals surface area (Å²) in [6, 6.07) is -0.731. The van der Waals surface area contributed by atoms with E-state index in [4.69, 9.17) is 10.5 Å². The Morgan fingerprint density at radius 2 is 2.46 bits per heavy atom. The van der Waals surface area contributed by atoms with Crippen molar-refractivity contribution < 1.29 is 19.1 Å². The molecule has 1 aliphatic heterocycles. The Hall–Kier alpha value is -1.43. The number of nitrogens with two attached hydrogens (primary N) is 1. The molecule has 0 aromatic rings. The lowest BCUT2D eigenvalue weighted by Crippen LogP contribution is -2.42. The van der Waals surface area contributed by atoms with E-state index in [9.17, 15) is 14.4 Å². The first-order chi connectivity index (χ1) is 6.15. The second-order valence-corrected chi connectivity index (χ2v) is 2.75. The Balaban J connectivity index is 2.58. The average molecular weight is 186 g/mol. The van der Waals surface area contributed by atoms with Gasteiger partial charge in [0.25, 0.3) is 0 Å². The quantitative estimate of drug-likeness (QED) is 0.493. The van der Waals surface area contributed by atoms with Crippen LogP contribution in [0.25, 0.3) is 0 Å². The fourth-order valence-electron chi connectivity index (χ4n) is 1.23. The summed E-state index contributed by atoms with van der Waals surface area (Å²) < 4.78 is 4.97. The summed E-state index contributed by atoms with van der Waals surface area (Å²) in [5.74, 6) is -0.796. The van der Waals surface area contributed by atoms with Gasteiger partial charge in [-0.25, -0.2) is 0 Å². The summed E-state index contributed by atoms with van der Waals surface area (Å²) in [7, 11) is 0. The molecule has 3 N–H and O–H groups in total. The Morgan fingerprint density at radius 1 is 1.77 bits per heavy atom. The molecule has 0 aromatic heterocycles. The van der Waals surface area contributed by atoms with E-state index in [1.165, 1.54) is 0 Å². The van der Waals surface area contributed by atoms with E-state index in [-0.39, 0.29) is 18.8 Å². The third-order valence-corrected chi connectivity index (χ3v) is 1.81. The van der Waals surface area contributed by atoms with Crippen LogP contribution < -0.4 is 11.1 Å². The number of ether oxygens (including phenoxy) is 1. The van der Waals surface area contributed by atoms with Gasteiger partial charge in [-0.2, -0.15) is 0 Å². The molecule has 2 unspecified atom stereocenters. The summed E-state index contributed by atoms with van der Waals surface area (Å²) in [5.41, 5.74) is 4.93. The summed E-state index contributed by atoms with van der Waals surface area (Å²) in [4.78, 5) is 31.7. The molecule has 0 aliphatic carbocycles. The van der Waals surface area contributed by atoms with Crippen LogP contribution in [-0.4, -0.2) is 36.9 Å². The Labute approximate surface area is 74.4 Å². The van der Waals surface area contributed by atoms with Crippen LogP contribution in [0.2, 0.25) is 0 Å². The fourth-order valence-corrected chi connectivity index (χ4v) is 1.23. The van der Waals surface area contributed by atoms with Crippen molar-refractivity contribution in [2.24, 2.45) is 5.73 Å². The monoisotopic (exact) mass is 186 g/mol. The molecule has 1 rings (SSSR count). The van der Waals surface area contributed by atoms with Crippen molar-refractivity contribution in [2.45, 2.75) is 18.6 Å². The van der Waals surface area contributed by atoms with Crippen molar-refractivity contribution in [2.75, 3.05) is 6.61 Å². The molecule has 6 nitrogen and oxygen atoms in total. The Bertz CT molecular complexity index is 241. The molecule has 1 aliphatic rings. The number of primary amides is 1. The van der Waals surface area contributed by atoms with E-state index in [2.05, 4.69) is 5.32 Å². The third kappa shape index (κ3) is 2.25. The molecule has 1 fully saturated rings. The van der Waals surface area contributed by atoms with Gasteiger partial charge in [0.1, 0.15) is 12.6 Å². The highest BCUT2D eigenvalue weighted by atomic mass is 16.5. The van der Waals surface area contributed by atoms with E-state index < -0.39 is 18.1 Å². The molecule has 13 heavy (non-hydrogen) atoms. The van der Waals surface area contributed by atoms with Crippen molar-refractivity contribution in [1.29, 1.82) is 0 Å². The van der Waals surface area contributed by atoms with Gasteiger partial charge in [0.15, 0.2) is 5.78 Å². The van der Waals surface area contributed by atoms with E-state index in [1.807, 2.05) is 0 Å². The van der Waals surface area contributed by atoms with Crippen molar-refractivity contribution in [3.8, 4) is 0 Å². The van der Waals surface area contributed by atoms with E-state index in [0.717, 1.165) is 0 Å². The number of amides is 2. The van der Waals surface area contributed by atoms with Crippen molar-refractivity contribution in [3.05, 3.63) is 0 Å². The fraction of sp³-hybridized carbons (Fsp3) is 0.571. The first kappa shape index (κ1) is 9.66. The van der Waals surface area contributed by atoms with Crippen LogP contribution in [-0.2, 0) is 19.1 Å². The van der Waals surface area contributed by atoms with Crippen LogP contribution in [0.4, 0.5) is 0 Å². The van der Waals surface area contributed by atoms with Crippen molar-refractivity contribution in [1.82, 2.24) is 5.32 Å². The minimum Gasteiger partial charge on any atom is -0.370 e. The molecule has 2 atom stereocenters. The largest absolute Gasteiger partial charge is 0.370 e. The van der Waals surface area contributed by atoms with Crippen LogP contribution >= 0.6 is 0 Å². The molecular weight excluding hydrogens is 176 g/mol. The maximum atomic E-state index is 11.1. The molecule has 72 valence electrons. The lowest BCUT2D eigenvalue weighted by Gasteiger charge is -2.13. The lowest BCUT2D eigenvalue weighted by atomic mass is 10.1. The third-order valence-electron chi connectivity index (χ3n) is 1.81. The summed E-state index contributed by atoms with van der Waals surface area (Å²) in [6.45, 7) is -0.0799. The van der Waals surface area contributed by atoms with E-state index in [0.29, 0.717) is 6.41 Å². The van der Waals surface area contributed by atoms with Crippen LogP contribution in [0, 0.1) is 0 Å². The zero-order valence-corrected chi connectivity index (χ0v) is 6.86. The van der Waals surface area contributed by atoms with Crippen LogP contribution in [0.1, 0.15) is 6.42 Å². The van der Waals surface area contributed by atoms with Crippen LogP contribution in [0.3, 0.4) is 0 Å². The van der Waals surface area contributed by atoms with Gasteiger partial charge in [-0.3, -0.25) is 14.4 Å². The van der Waals surface area contributed by atoms with E-state index >= 15 is 0 Å². The second-order valence-electron chi connectivity index (χ2n) is 2.75. The molecule has 0 saturated carbocycles. The maximum absolute atomic E-state index is 11.1. The molecule has 1 heterocycles. The topological polar surface area (TPSA) is 98.5 Å². The lowest BCUT2D eigenvalue weighted by molar-refractivity contribution is -0.121. The number of Topliss-reactive ketones (excluding diaryl/α,β-unsaturated/α-hetero) is 1. The zero-order chi connectivity index (χ0) is 9.84. The molecule has 0 radical (unpaired) electrons. The highest BCUT2D eigenvalue weighted by molar-refractivity contribution is 5.90. The van der Waals surface area contributed by atoms with Gasteiger partial charge < -0.3 is 15.8 Å². The SMILES string of the molecule is NC(=O)CC1OCC(=O)C1NC=O. The van der Waals surface area contributed by atoms with Gasteiger partial charge in [-0.15, -0.1) is 0 Å². The highest BCUT2D eigenvalue weighted by Crippen LogP contribution is 2.12. The maximum Gasteiger partial charge on any atom is 0.220 e. The molecule has 2 amide bonds. The predicted octanol–water partition coefficient (Wildman–Crippen LogP) is -2.06. The smallest absolute Gasteiger partial charge is 0.220 e. The number of carbonyl (C=O) groups excluding carboxylic acids is 3. The molecule has 0 aromatic carbocycles. The Kier molecular flexibility index (Phi) is 2.97. The van der Waals surface area contributed by atoms with Crippen LogP contribution in [0.5, 0.6) is 0 Å². The minimum absolute atomic E-state index is 0.0583. The number of ketones is 1. The number of rotatable bonds is 4. The molecule has 1 saturated heterocycles. The average Bonchev–Trinajstić information content (AvgIpc) is 2.35. The molecule has 0 bridgehead atoms. The van der Waals surface area contributed by atoms with Gasteiger partial charge in [0.05, 0.1) is 12.5 Å². The number of carbonyl (C=O) groups is 3.